The van der Waals surface area contributed by atoms with Gasteiger partial charge in [-0.25, -0.2) is 13.1 Å². The van der Waals surface area contributed by atoms with Gasteiger partial charge in [0, 0.05) is 4.47 Å². The molecule has 1 unspecified atom stereocenters. The second-order valence-corrected chi connectivity index (χ2v) is 9.78. The topological polar surface area (TPSA) is 109 Å². The lowest BCUT2D eigenvalue weighted by molar-refractivity contribution is -0.137. The Morgan fingerprint density at radius 3 is 2.42 bits per heavy atom. The van der Waals surface area contributed by atoms with E-state index in [1.807, 2.05) is 0 Å². The number of rotatable bonds is 5. The average molecular weight is 515 g/mol. The van der Waals surface area contributed by atoms with Crippen molar-refractivity contribution >= 4 is 25.8 Å². The minimum Gasteiger partial charge on any atom is -0.383 e. The van der Waals surface area contributed by atoms with Crippen molar-refractivity contribution in [1.29, 1.82) is 5.26 Å². The van der Waals surface area contributed by atoms with Crippen LogP contribution in [0.3, 0.4) is 0 Å². The first kappa shape index (κ1) is 22.9. The summed E-state index contributed by atoms with van der Waals surface area (Å²) in [4.78, 5) is -0.00900. The molecule has 3 aromatic rings. The Morgan fingerprint density at radius 1 is 1.19 bits per heavy atom. The molecule has 1 atom stereocenters. The van der Waals surface area contributed by atoms with E-state index in [9.17, 15) is 26.7 Å². The summed E-state index contributed by atoms with van der Waals surface area (Å²) >= 11 is 3.21. The molecule has 0 aliphatic carbocycles. The lowest BCUT2D eigenvalue weighted by atomic mass is 10.1. The van der Waals surface area contributed by atoms with Gasteiger partial charge >= 0.3 is 6.18 Å². The molecule has 7 nitrogen and oxygen atoms in total. The summed E-state index contributed by atoms with van der Waals surface area (Å²) in [6, 6.07) is 10.3. The van der Waals surface area contributed by atoms with Crippen LogP contribution in [0.5, 0.6) is 0 Å². The summed E-state index contributed by atoms with van der Waals surface area (Å²) in [6.07, 6.45) is -3.62. The van der Waals surface area contributed by atoms with Crippen LogP contribution in [0.2, 0.25) is 0 Å². The highest BCUT2D eigenvalue weighted by atomic mass is 79.9. The van der Waals surface area contributed by atoms with E-state index in [1.165, 1.54) is 31.2 Å². The quantitative estimate of drug-likeness (QED) is 0.557. The van der Waals surface area contributed by atoms with E-state index >= 15 is 0 Å². The first-order valence-corrected chi connectivity index (χ1v) is 11.0. The Bertz CT molecular complexity index is 1260. The van der Waals surface area contributed by atoms with Gasteiger partial charge < -0.3 is 5.11 Å². The highest BCUT2D eigenvalue weighted by Gasteiger charge is 2.36. The molecule has 0 saturated carbocycles. The number of nitrogens with zero attached hydrogens (tertiary/aromatic N) is 4. The molecule has 0 amide bonds. The largest absolute Gasteiger partial charge is 0.417 e. The summed E-state index contributed by atoms with van der Waals surface area (Å²) in [5.41, 5.74) is -3.87. The van der Waals surface area contributed by atoms with Gasteiger partial charge in [-0.15, -0.1) is 5.10 Å². The van der Waals surface area contributed by atoms with Crippen molar-refractivity contribution in [1.82, 2.24) is 15.0 Å². The van der Waals surface area contributed by atoms with E-state index in [-0.39, 0.29) is 16.3 Å². The Morgan fingerprint density at radius 2 is 1.84 bits per heavy atom. The first-order chi connectivity index (χ1) is 14.3. The van der Waals surface area contributed by atoms with Gasteiger partial charge in [0.25, 0.3) is 0 Å². The monoisotopic (exact) mass is 514 g/mol. The van der Waals surface area contributed by atoms with Crippen molar-refractivity contribution in [2.75, 3.05) is 5.75 Å². The molecule has 12 heteroatoms. The number of hydrogen-bond donors (Lipinski definition) is 1. The maximum atomic E-state index is 13.2. The SMILES string of the molecule is CC(O)(CS(=O)(=O)c1ccc(Br)cc1)c1cn(-c2ccc(C#N)c(C(F)(F)F)c2)nn1. The van der Waals surface area contributed by atoms with Crippen LogP contribution in [-0.4, -0.2) is 34.3 Å². The van der Waals surface area contributed by atoms with Gasteiger partial charge in [0.1, 0.15) is 11.3 Å². The number of benzene rings is 2. The van der Waals surface area contributed by atoms with Crippen LogP contribution in [0.25, 0.3) is 5.69 Å². The van der Waals surface area contributed by atoms with Crippen LogP contribution in [0, 0.1) is 11.3 Å². The fourth-order valence-electron chi connectivity index (χ4n) is 2.81. The van der Waals surface area contributed by atoms with Gasteiger partial charge in [-0.05, 0) is 49.4 Å². The summed E-state index contributed by atoms with van der Waals surface area (Å²) in [5.74, 6) is -0.721. The van der Waals surface area contributed by atoms with Gasteiger partial charge in [-0.2, -0.15) is 18.4 Å². The molecule has 1 heterocycles. The first-order valence-electron chi connectivity index (χ1n) is 8.59. The van der Waals surface area contributed by atoms with Crippen LogP contribution in [0.4, 0.5) is 13.2 Å². The third kappa shape index (κ3) is 4.95. The maximum Gasteiger partial charge on any atom is 0.417 e. The number of halogens is 4. The molecule has 0 fully saturated rings. The maximum absolute atomic E-state index is 13.2. The van der Waals surface area contributed by atoms with Crippen molar-refractivity contribution < 1.29 is 26.7 Å². The van der Waals surface area contributed by atoms with E-state index in [1.54, 1.807) is 12.1 Å². The van der Waals surface area contributed by atoms with E-state index in [4.69, 9.17) is 5.26 Å². The van der Waals surface area contributed by atoms with E-state index < -0.39 is 38.5 Å². The van der Waals surface area contributed by atoms with Gasteiger partial charge in [0.2, 0.25) is 0 Å². The fraction of sp³-hybridized carbons (Fsp3) is 0.211. The lowest BCUT2D eigenvalue weighted by Gasteiger charge is -2.20. The number of sulfone groups is 1. The number of nitriles is 1. The standard InChI is InChI=1S/C19H14BrF3N4O3S/c1-18(28,11-31(29,30)15-6-3-13(20)4-7-15)17-10-27(26-25-17)14-5-2-12(9-24)16(8-14)19(21,22)23/h2-8,10,28H,11H2,1H3. The molecule has 3 rings (SSSR count). The summed E-state index contributed by atoms with van der Waals surface area (Å²) in [6.45, 7) is 1.22. The van der Waals surface area contributed by atoms with E-state index in [2.05, 4.69) is 26.2 Å². The average Bonchev–Trinajstić information content (AvgIpc) is 3.17. The molecule has 0 bridgehead atoms. The molecule has 0 aliphatic heterocycles. The fourth-order valence-corrected chi connectivity index (χ4v) is 4.68. The molecule has 1 N–H and O–H groups in total. The molecular formula is C19H14BrF3N4O3S. The van der Waals surface area contributed by atoms with Crippen LogP contribution >= 0.6 is 15.9 Å². The zero-order chi connectivity index (χ0) is 23.0. The Kier molecular flexibility index (Phi) is 5.96. The second kappa shape index (κ2) is 8.07. The van der Waals surface area contributed by atoms with Crippen LogP contribution < -0.4 is 0 Å². The molecule has 0 spiro atoms. The van der Waals surface area contributed by atoms with Crippen molar-refractivity contribution in [3.63, 3.8) is 0 Å². The van der Waals surface area contributed by atoms with Crippen molar-refractivity contribution in [2.45, 2.75) is 23.6 Å². The third-order valence-corrected chi connectivity index (χ3v) is 6.84. The normalized spacial score (nSPS) is 14.1. The van der Waals surface area contributed by atoms with Crippen LogP contribution in [0.1, 0.15) is 23.7 Å². The van der Waals surface area contributed by atoms with E-state index in [0.717, 1.165) is 23.0 Å². The number of alkyl halides is 3. The molecule has 0 aliphatic rings. The second-order valence-electron chi connectivity index (χ2n) is 6.87. The minimum atomic E-state index is -4.76. The van der Waals surface area contributed by atoms with Gasteiger partial charge in [-0.3, -0.25) is 0 Å². The number of hydrogen-bond acceptors (Lipinski definition) is 6. The van der Waals surface area contributed by atoms with Crippen LogP contribution in [0.15, 0.2) is 58.0 Å². The lowest BCUT2D eigenvalue weighted by Crippen LogP contribution is -2.31. The Labute approximate surface area is 183 Å². The Hall–Kier alpha value is -2.75. The minimum absolute atomic E-state index is 0.00900. The van der Waals surface area contributed by atoms with Crippen LogP contribution in [-0.2, 0) is 21.6 Å². The predicted octanol–water partition coefficient (Wildman–Crippen LogP) is 3.60. The zero-order valence-electron chi connectivity index (χ0n) is 15.8. The number of aliphatic hydroxyl groups is 1. The van der Waals surface area contributed by atoms with Crippen molar-refractivity contribution in [3.8, 4) is 11.8 Å². The zero-order valence-corrected chi connectivity index (χ0v) is 18.2. The van der Waals surface area contributed by atoms with Gasteiger partial charge in [-0.1, -0.05) is 21.1 Å². The number of aromatic nitrogens is 3. The summed E-state index contributed by atoms with van der Waals surface area (Å²) in [5, 5.41) is 27.1. The molecule has 31 heavy (non-hydrogen) atoms. The molecule has 0 radical (unpaired) electrons. The molecule has 0 saturated heterocycles. The smallest absolute Gasteiger partial charge is 0.383 e. The molecule has 1 aromatic heterocycles. The highest BCUT2D eigenvalue weighted by Crippen LogP contribution is 2.33. The van der Waals surface area contributed by atoms with Gasteiger partial charge in [0.15, 0.2) is 9.84 Å². The van der Waals surface area contributed by atoms with Gasteiger partial charge in [0.05, 0.1) is 39.7 Å². The van der Waals surface area contributed by atoms with Crippen molar-refractivity contribution in [2.24, 2.45) is 0 Å². The predicted molar refractivity (Wildman–Crippen MR) is 107 cm³/mol. The van der Waals surface area contributed by atoms with E-state index in [0.29, 0.717) is 4.47 Å². The van der Waals surface area contributed by atoms with Crippen molar-refractivity contribution in [3.05, 3.63) is 70.0 Å². The molecule has 162 valence electrons. The Balaban J connectivity index is 1.93. The summed E-state index contributed by atoms with van der Waals surface area (Å²) < 4.78 is 66.5. The molecule has 2 aromatic carbocycles. The summed E-state index contributed by atoms with van der Waals surface area (Å²) in [7, 11) is -3.91. The third-order valence-electron chi connectivity index (χ3n) is 4.38. The highest BCUT2D eigenvalue weighted by molar-refractivity contribution is 9.10. The molecular weight excluding hydrogens is 501 g/mol.